The van der Waals surface area contributed by atoms with Crippen LogP contribution >= 0.6 is 0 Å². The van der Waals surface area contributed by atoms with Crippen molar-refractivity contribution in [3.8, 4) is 17.3 Å². The van der Waals surface area contributed by atoms with Gasteiger partial charge in [-0.15, -0.1) is 0 Å². The topological polar surface area (TPSA) is 81.1 Å². The van der Waals surface area contributed by atoms with Gasteiger partial charge in [-0.2, -0.15) is 0 Å². The van der Waals surface area contributed by atoms with Crippen molar-refractivity contribution in [1.82, 2.24) is 24.8 Å². The van der Waals surface area contributed by atoms with Gasteiger partial charge < -0.3 is 9.64 Å². The molecule has 1 aliphatic heterocycles. The minimum atomic E-state index is -0.0844. The van der Waals surface area contributed by atoms with Gasteiger partial charge in [-0.25, -0.2) is 19.9 Å². The van der Waals surface area contributed by atoms with Gasteiger partial charge >= 0.3 is 0 Å². The van der Waals surface area contributed by atoms with E-state index < -0.39 is 0 Å². The second-order valence-electron chi connectivity index (χ2n) is 8.11. The van der Waals surface area contributed by atoms with E-state index in [9.17, 15) is 4.79 Å². The van der Waals surface area contributed by atoms with Crippen molar-refractivity contribution < 1.29 is 9.53 Å². The molecule has 152 valence electrons. The zero-order valence-electron chi connectivity index (χ0n) is 17.0. The Balaban J connectivity index is 1.42. The van der Waals surface area contributed by atoms with E-state index in [0.717, 1.165) is 30.6 Å². The molecule has 1 amide bonds. The maximum Gasteiger partial charge on any atom is 0.273 e. The Kier molecular flexibility index (Phi) is 4.65. The van der Waals surface area contributed by atoms with Crippen LogP contribution in [0, 0.1) is 19.8 Å². The molecule has 1 saturated heterocycles. The van der Waals surface area contributed by atoms with Crippen molar-refractivity contribution in [2.45, 2.75) is 38.8 Å². The van der Waals surface area contributed by atoms with E-state index in [1.165, 1.54) is 0 Å². The van der Waals surface area contributed by atoms with Gasteiger partial charge in [0.2, 0.25) is 5.88 Å². The highest BCUT2D eigenvalue weighted by Gasteiger charge is 2.49. The first-order valence-corrected chi connectivity index (χ1v) is 10.2. The van der Waals surface area contributed by atoms with Crippen LogP contribution in [0.3, 0.4) is 0 Å². The fourth-order valence-corrected chi connectivity index (χ4v) is 4.48. The molecule has 1 aliphatic carbocycles. The first-order valence-electron chi connectivity index (χ1n) is 10.2. The molecule has 30 heavy (non-hydrogen) atoms. The van der Waals surface area contributed by atoms with Crippen molar-refractivity contribution in [2.24, 2.45) is 5.92 Å². The molecular weight excluding hydrogens is 378 g/mol. The predicted molar refractivity (Wildman–Crippen MR) is 111 cm³/mol. The minimum absolute atomic E-state index is 0.0254. The summed E-state index contributed by atoms with van der Waals surface area (Å²) in [4.78, 5) is 33.1. The largest absolute Gasteiger partial charge is 0.472 e. The van der Waals surface area contributed by atoms with Crippen LogP contribution in [0.25, 0.3) is 11.4 Å². The van der Waals surface area contributed by atoms with Gasteiger partial charge in [-0.1, -0.05) is 6.07 Å². The third-order valence-electron chi connectivity index (χ3n) is 5.89. The van der Waals surface area contributed by atoms with Crippen molar-refractivity contribution in [3.63, 3.8) is 0 Å². The summed E-state index contributed by atoms with van der Waals surface area (Å²) in [7, 11) is 0. The molecule has 3 aromatic heterocycles. The maximum absolute atomic E-state index is 13.6. The molecule has 7 nitrogen and oxygen atoms in total. The molecule has 4 heterocycles. The highest BCUT2D eigenvalue weighted by Crippen LogP contribution is 2.40. The molecule has 2 aliphatic rings. The molecule has 1 saturated carbocycles. The first kappa shape index (κ1) is 18.7. The summed E-state index contributed by atoms with van der Waals surface area (Å²) in [5, 5.41) is 0. The number of pyridine rings is 2. The number of rotatable bonds is 4. The first-order chi connectivity index (χ1) is 14.6. The summed E-state index contributed by atoms with van der Waals surface area (Å²) < 4.78 is 6.17. The quantitative estimate of drug-likeness (QED) is 0.668. The third kappa shape index (κ3) is 3.40. The number of carbonyl (C=O) groups excluding carboxylic acids is 1. The molecular formula is C23H23N5O2. The SMILES string of the molecule is Cc1ccc(OC2CC3CC2N(C(=O)c2nc(C)ccc2-c2ncccn2)C3)nc1. The van der Waals surface area contributed by atoms with Crippen LogP contribution < -0.4 is 4.74 Å². The van der Waals surface area contributed by atoms with Crippen LogP contribution in [0.5, 0.6) is 5.88 Å². The lowest BCUT2D eigenvalue weighted by molar-refractivity contribution is 0.0462. The molecule has 0 N–H and O–H groups in total. The molecule has 0 radical (unpaired) electrons. The summed E-state index contributed by atoms with van der Waals surface area (Å²) in [6.45, 7) is 4.62. The molecule has 3 unspecified atom stereocenters. The maximum atomic E-state index is 13.6. The molecule has 0 aromatic carbocycles. The van der Waals surface area contributed by atoms with E-state index in [0.29, 0.717) is 28.9 Å². The highest BCUT2D eigenvalue weighted by atomic mass is 16.5. The van der Waals surface area contributed by atoms with Gasteiger partial charge in [0.15, 0.2) is 5.82 Å². The zero-order chi connectivity index (χ0) is 20.7. The summed E-state index contributed by atoms with van der Waals surface area (Å²) in [6, 6.07) is 9.42. The lowest BCUT2D eigenvalue weighted by atomic mass is 10.1. The second kappa shape index (κ2) is 7.48. The van der Waals surface area contributed by atoms with E-state index in [1.54, 1.807) is 24.7 Å². The molecule has 2 bridgehead atoms. The standard InChI is InChI=1S/C23H23N5O2/c1-14-4-7-20(26-12-14)30-19-11-16-10-18(19)28(13-16)23(29)21-17(6-5-15(2)27-21)22-24-8-3-9-25-22/h3-9,12,16,18-19H,10-11,13H2,1-2H3. The highest BCUT2D eigenvalue weighted by molar-refractivity contribution is 5.98. The van der Waals surface area contributed by atoms with Crippen molar-refractivity contribution in [2.75, 3.05) is 6.54 Å². The molecule has 3 aromatic rings. The Hall–Kier alpha value is -3.35. The van der Waals surface area contributed by atoms with Gasteiger partial charge in [0, 0.05) is 36.9 Å². The van der Waals surface area contributed by atoms with Gasteiger partial charge in [0.25, 0.3) is 5.91 Å². The number of aromatic nitrogens is 4. The number of carbonyl (C=O) groups is 1. The van der Waals surface area contributed by atoms with E-state index in [1.807, 2.05) is 43.0 Å². The number of hydrogen-bond donors (Lipinski definition) is 0. The van der Waals surface area contributed by atoms with Crippen molar-refractivity contribution in [3.05, 3.63) is 65.9 Å². The van der Waals surface area contributed by atoms with Gasteiger partial charge in [-0.3, -0.25) is 4.79 Å². The van der Waals surface area contributed by atoms with E-state index in [2.05, 4.69) is 19.9 Å². The fourth-order valence-electron chi connectivity index (χ4n) is 4.48. The Morgan fingerprint density at radius 1 is 1.07 bits per heavy atom. The van der Waals surface area contributed by atoms with Gasteiger partial charge in [-0.05, 0) is 56.4 Å². The fraction of sp³-hybridized carbons (Fsp3) is 0.348. The van der Waals surface area contributed by atoms with E-state index in [4.69, 9.17) is 4.74 Å². The number of nitrogens with zero attached hydrogens (tertiary/aromatic N) is 5. The number of likely N-dealkylation sites (tertiary alicyclic amines) is 1. The van der Waals surface area contributed by atoms with Crippen LogP contribution in [0.1, 0.15) is 34.6 Å². The Bertz CT molecular complexity index is 1070. The Labute approximate surface area is 175 Å². The molecule has 0 spiro atoms. The predicted octanol–water partition coefficient (Wildman–Crippen LogP) is 3.23. The number of amides is 1. The number of ether oxygens (including phenoxy) is 1. The number of aryl methyl sites for hydroxylation is 2. The summed E-state index contributed by atoms with van der Waals surface area (Å²) >= 11 is 0. The van der Waals surface area contributed by atoms with E-state index in [-0.39, 0.29) is 18.1 Å². The third-order valence-corrected chi connectivity index (χ3v) is 5.89. The smallest absolute Gasteiger partial charge is 0.273 e. The van der Waals surface area contributed by atoms with Crippen molar-refractivity contribution >= 4 is 5.91 Å². The van der Waals surface area contributed by atoms with E-state index >= 15 is 0 Å². The van der Waals surface area contributed by atoms with Crippen LogP contribution in [-0.2, 0) is 0 Å². The number of hydrogen-bond acceptors (Lipinski definition) is 6. The number of piperidine rings is 1. The number of fused-ring (bicyclic) bond motifs is 2. The van der Waals surface area contributed by atoms with Gasteiger partial charge in [0.05, 0.1) is 11.6 Å². The Morgan fingerprint density at radius 2 is 1.90 bits per heavy atom. The summed E-state index contributed by atoms with van der Waals surface area (Å²) in [5.74, 6) is 1.47. The lowest BCUT2D eigenvalue weighted by Crippen LogP contribution is -2.47. The van der Waals surface area contributed by atoms with Gasteiger partial charge in [0.1, 0.15) is 11.8 Å². The Morgan fingerprint density at radius 3 is 2.63 bits per heavy atom. The minimum Gasteiger partial charge on any atom is -0.472 e. The molecule has 7 heteroatoms. The van der Waals surface area contributed by atoms with Crippen LogP contribution in [0.15, 0.2) is 48.9 Å². The van der Waals surface area contributed by atoms with Crippen LogP contribution in [0.4, 0.5) is 0 Å². The molecule has 2 fully saturated rings. The summed E-state index contributed by atoms with van der Waals surface area (Å²) in [5.41, 5.74) is 2.94. The molecule has 3 atom stereocenters. The second-order valence-corrected chi connectivity index (χ2v) is 8.11. The summed E-state index contributed by atoms with van der Waals surface area (Å²) in [6.07, 6.45) is 6.99. The molecule has 5 rings (SSSR count). The zero-order valence-corrected chi connectivity index (χ0v) is 17.0. The van der Waals surface area contributed by atoms with Crippen molar-refractivity contribution in [1.29, 1.82) is 0 Å². The normalized spacial score (nSPS) is 22.3. The monoisotopic (exact) mass is 401 g/mol. The average Bonchev–Trinajstić information content (AvgIpc) is 3.36. The average molecular weight is 401 g/mol. The lowest BCUT2D eigenvalue weighted by Gasteiger charge is -2.33. The van der Waals surface area contributed by atoms with Crippen LogP contribution in [-0.4, -0.2) is 49.4 Å². The van der Waals surface area contributed by atoms with Crippen LogP contribution in [0.2, 0.25) is 0 Å².